The Labute approximate surface area is 187 Å². The fourth-order valence-corrected chi connectivity index (χ4v) is 3.44. The fraction of sp³-hybridized carbons (Fsp3) is 0.273. The normalized spacial score (nSPS) is 11.2. The zero-order chi connectivity index (χ0) is 23.9. The van der Waals surface area contributed by atoms with Crippen LogP contribution in [-0.2, 0) is 14.8 Å². The third-order valence-electron chi connectivity index (χ3n) is 3.88. The van der Waals surface area contributed by atoms with Gasteiger partial charge < -0.3 is 14.8 Å². The predicted octanol–water partition coefficient (Wildman–Crippen LogP) is 3.21. The van der Waals surface area contributed by atoms with Crippen molar-refractivity contribution < 1.29 is 27.5 Å². The van der Waals surface area contributed by atoms with Gasteiger partial charge in [0.1, 0.15) is 11.4 Å². The maximum atomic E-state index is 12.6. The van der Waals surface area contributed by atoms with Crippen molar-refractivity contribution in [2.45, 2.75) is 31.3 Å². The number of hydrogen-bond acceptors (Lipinski definition) is 6. The van der Waals surface area contributed by atoms with E-state index in [4.69, 9.17) is 15.9 Å². The van der Waals surface area contributed by atoms with E-state index >= 15 is 0 Å². The molecule has 2 amide bonds. The van der Waals surface area contributed by atoms with E-state index < -0.39 is 27.6 Å². The predicted molar refractivity (Wildman–Crippen MR) is 121 cm³/mol. The van der Waals surface area contributed by atoms with Crippen molar-refractivity contribution >= 4 is 33.4 Å². The number of hydrogen-bond donors (Lipinski definition) is 3. The second-order valence-corrected chi connectivity index (χ2v) is 9.32. The minimum absolute atomic E-state index is 0.0161. The van der Waals surface area contributed by atoms with Crippen molar-refractivity contribution in [3.8, 4) is 18.1 Å². The average molecular weight is 460 g/mol. The second-order valence-electron chi connectivity index (χ2n) is 7.55. The number of methoxy groups -OCH3 is 1. The van der Waals surface area contributed by atoms with Gasteiger partial charge in [-0.3, -0.25) is 10.1 Å². The Morgan fingerprint density at radius 1 is 1.06 bits per heavy atom. The average Bonchev–Trinajstić information content (AvgIpc) is 2.71. The van der Waals surface area contributed by atoms with Crippen LogP contribution >= 0.6 is 0 Å². The SMILES string of the molecule is C#CCNS(=O)(=O)c1ccc(C(=O)Nc2ccc(OC)c(NC(=O)OC(C)(C)C)c2)cc1. The number of carbonyl (C=O) groups is 2. The van der Waals surface area contributed by atoms with Crippen molar-refractivity contribution in [3.05, 3.63) is 48.0 Å². The summed E-state index contributed by atoms with van der Waals surface area (Å²) in [6.07, 6.45) is 4.39. The highest BCUT2D eigenvalue weighted by molar-refractivity contribution is 7.89. The minimum Gasteiger partial charge on any atom is -0.495 e. The largest absolute Gasteiger partial charge is 0.495 e. The summed E-state index contributed by atoms with van der Waals surface area (Å²) in [5, 5.41) is 5.27. The molecule has 0 radical (unpaired) electrons. The van der Waals surface area contributed by atoms with Crippen LogP contribution in [0.3, 0.4) is 0 Å². The lowest BCUT2D eigenvalue weighted by Crippen LogP contribution is -2.27. The molecule has 0 aliphatic rings. The molecule has 0 unspecified atom stereocenters. The first kappa shape index (κ1) is 24.7. The lowest BCUT2D eigenvalue weighted by Gasteiger charge is -2.20. The van der Waals surface area contributed by atoms with E-state index in [2.05, 4.69) is 21.3 Å². The summed E-state index contributed by atoms with van der Waals surface area (Å²) in [4.78, 5) is 24.6. The van der Waals surface area contributed by atoms with Gasteiger partial charge in [0.25, 0.3) is 5.91 Å². The molecule has 10 heteroatoms. The van der Waals surface area contributed by atoms with Crippen LogP contribution in [0.25, 0.3) is 0 Å². The minimum atomic E-state index is -3.75. The Hall–Kier alpha value is -3.55. The summed E-state index contributed by atoms with van der Waals surface area (Å²) in [6, 6.07) is 10.1. The lowest BCUT2D eigenvalue weighted by molar-refractivity contribution is 0.0635. The second kappa shape index (κ2) is 10.2. The van der Waals surface area contributed by atoms with Gasteiger partial charge >= 0.3 is 6.09 Å². The first-order valence-corrected chi connectivity index (χ1v) is 11.0. The molecule has 2 aromatic carbocycles. The van der Waals surface area contributed by atoms with Crippen LogP contribution < -0.4 is 20.1 Å². The monoisotopic (exact) mass is 459 g/mol. The smallest absolute Gasteiger partial charge is 0.412 e. The van der Waals surface area contributed by atoms with Crippen LogP contribution in [-0.4, -0.2) is 39.7 Å². The molecule has 0 heterocycles. The summed E-state index contributed by atoms with van der Waals surface area (Å²) in [5.41, 5.74) is 0.243. The van der Waals surface area contributed by atoms with Crippen LogP contribution in [0.15, 0.2) is 47.4 Å². The highest BCUT2D eigenvalue weighted by atomic mass is 32.2. The Morgan fingerprint density at radius 3 is 2.28 bits per heavy atom. The number of benzene rings is 2. The number of sulfonamides is 1. The summed E-state index contributed by atoms with van der Waals surface area (Å²) in [6.45, 7) is 5.08. The van der Waals surface area contributed by atoms with Gasteiger partial charge in [-0.1, -0.05) is 5.92 Å². The van der Waals surface area contributed by atoms with Gasteiger partial charge in [-0.15, -0.1) is 6.42 Å². The van der Waals surface area contributed by atoms with Crippen LogP contribution in [0.1, 0.15) is 31.1 Å². The van der Waals surface area contributed by atoms with E-state index in [1.54, 1.807) is 32.9 Å². The Morgan fingerprint density at radius 2 is 1.72 bits per heavy atom. The van der Waals surface area contributed by atoms with E-state index in [0.29, 0.717) is 17.1 Å². The van der Waals surface area contributed by atoms with Crippen molar-refractivity contribution in [2.24, 2.45) is 0 Å². The number of anilines is 2. The lowest BCUT2D eigenvalue weighted by atomic mass is 10.2. The Kier molecular flexibility index (Phi) is 7.86. The molecule has 0 aromatic heterocycles. The van der Waals surface area contributed by atoms with Crippen LogP contribution in [0.2, 0.25) is 0 Å². The zero-order valence-corrected chi connectivity index (χ0v) is 19.0. The van der Waals surface area contributed by atoms with Crippen LogP contribution in [0.5, 0.6) is 5.75 Å². The standard InChI is InChI=1S/C22H25N3O6S/c1-6-13-23-32(28,29)17-10-7-15(8-11-17)20(26)24-16-9-12-19(30-5)18(14-16)25-21(27)31-22(2,3)4/h1,7-12,14,23H,13H2,2-5H3,(H,24,26)(H,25,27). The van der Waals surface area contributed by atoms with Gasteiger partial charge in [0.2, 0.25) is 10.0 Å². The first-order valence-electron chi connectivity index (χ1n) is 9.48. The summed E-state index contributed by atoms with van der Waals surface area (Å²) < 4.78 is 36.9. The molecule has 0 saturated carbocycles. The molecular weight excluding hydrogens is 434 g/mol. The molecule has 0 aliphatic heterocycles. The number of ether oxygens (including phenoxy) is 2. The number of rotatable bonds is 7. The Bertz CT molecular complexity index is 1130. The van der Waals surface area contributed by atoms with E-state index in [-0.39, 0.29) is 17.0 Å². The highest BCUT2D eigenvalue weighted by Gasteiger charge is 2.18. The molecule has 9 nitrogen and oxygen atoms in total. The molecule has 0 saturated heterocycles. The number of carbonyl (C=O) groups excluding carboxylic acids is 2. The molecule has 32 heavy (non-hydrogen) atoms. The molecule has 0 atom stereocenters. The van der Waals surface area contributed by atoms with E-state index in [9.17, 15) is 18.0 Å². The Balaban J connectivity index is 2.16. The topological polar surface area (TPSA) is 123 Å². The molecule has 170 valence electrons. The van der Waals surface area contributed by atoms with Crippen molar-refractivity contribution in [3.63, 3.8) is 0 Å². The third-order valence-corrected chi connectivity index (χ3v) is 5.30. The fourth-order valence-electron chi connectivity index (χ4n) is 2.51. The molecule has 0 spiro atoms. The van der Waals surface area contributed by atoms with Crippen LogP contribution in [0.4, 0.5) is 16.2 Å². The van der Waals surface area contributed by atoms with Gasteiger partial charge in [-0.25, -0.2) is 13.2 Å². The highest BCUT2D eigenvalue weighted by Crippen LogP contribution is 2.28. The number of amides is 2. The van der Waals surface area contributed by atoms with Gasteiger partial charge in [0.15, 0.2) is 0 Å². The zero-order valence-electron chi connectivity index (χ0n) is 18.2. The molecule has 2 aromatic rings. The van der Waals surface area contributed by atoms with Crippen molar-refractivity contribution in [1.29, 1.82) is 0 Å². The molecule has 0 bridgehead atoms. The maximum absolute atomic E-state index is 12.6. The molecule has 2 rings (SSSR count). The summed E-state index contributed by atoms with van der Waals surface area (Å²) >= 11 is 0. The quantitative estimate of drug-likeness (QED) is 0.547. The van der Waals surface area contributed by atoms with Crippen molar-refractivity contribution in [1.82, 2.24) is 4.72 Å². The van der Waals surface area contributed by atoms with Crippen LogP contribution in [0, 0.1) is 12.3 Å². The van der Waals surface area contributed by atoms with Crippen molar-refractivity contribution in [2.75, 3.05) is 24.3 Å². The first-order chi connectivity index (χ1) is 14.9. The molecular formula is C22H25N3O6S. The number of terminal acetylenes is 1. The summed E-state index contributed by atoms with van der Waals surface area (Å²) in [5.74, 6) is 2.09. The van der Waals surface area contributed by atoms with Gasteiger partial charge in [-0.2, -0.15) is 4.72 Å². The molecule has 0 fully saturated rings. The molecule has 0 aliphatic carbocycles. The van der Waals surface area contributed by atoms with Gasteiger partial charge in [-0.05, 0) is 63.2 Å². The van der Waals surface area contributed by atoms with E-state index in [1.165, 1.54) is 37.4 Å². The summed E-state index contributed by atoms with van der Waals surface area (Å²) in [7, 11) is -2.31. The number of nitrogens with one attached hydrogen (secondary N) is 3. The van der Waals surface area contributed by atoms with Gasteiger partial charge in [0.05, 0.1) is 24.2 Å². The third kappa shape index (κ3) is 7.01. The maximum Gasteiger partial charge on any atom is 0.412 e. The van der Waals surface area contributed by atoms with E-state index in [1.807, 2.05) is 0 Å². The molecule has 3 N–H and O–H groups in total. The van der Waals surface area contributed by atoms with E-state index in [0.717, 1.165) is 0 Å². The van der Waals surface area contributed by atoms with Gasteiger partial charge in [0, 0.05) is 11.3 Å².